The number of carbonyl (C=O) groups is 6. The number of nitrogen functional groups attached to an aromatic ring is 3. The first-order valence-corrected chi connectivity index (χ1v) is 51.2. The number of anilines is 3. The number of benzene rings is 6. The Kier molecular flexibility index (Phi) is 34.6. The van der Waals surface area contributed by atoms with Crippen molar-refractivity contribution in [3.05, 3.63) is 197 Å². The van der Waals surface area contributed by atoms with Crippen LogP contribution in [0, 0.1) is 0 Å². The summed E-state index contributed by atoms with van der Waals surface area (Å²) in [4.78, 5) is 177. The molecule has 0 atom stereocenters. The molecule has 0 radical (unpaired) electrons. The monoisotopic (exact) mass is 1990 g/mol. The van der Waals surface area contributed by atoms with E-state index < -0.39 is 31.3 Å². The highest BCUT2D eigenvalue weighted by Crippen LogP contribution is 2.47. The third-order valence-electron chi connectivity index (χ3n) is 22.8. The lowest BCUT2D eigenvalue weighted by atomic mass is 10.1. The van der Waals surface area contributed by atoms with Crippen LogP contribution < -0.4 is 35.3 Å². The van der Waals surface area contributed by atoms with Gasteiger partial charge in [0.1, 0.15) is 68.5 Å². The highest BCUT2D eigenvalue weighted by Gasteiger charge is 2.31. The van der Waals surface area contributed by atoms with Gasteiger partial charge in [-0.2, -0.15) is 0 Å². The Morgan fingerprint density at radius 2 is 0.619 bits per heavy atom. The number of fused-ring (bicyclic) bond motifs is 9. The van der Waals surface area contributed by atoms with Crippen molar-refractivity contribution in [2.45, 2.75) is 156 Å². The van der Waals surface area contributed by atoms with Gasteiger partial charge in [-0.25, -0.2) is 48.2 Å². The molecule has 9 heterocycles. The van der Waals surface area contributed by atoms with Gasteiger partial charge in [0.15, 0.2) is 17.5 Å². The van der Waals surface area contributed by atoms with Gasteiger partial charge in [0.2, 0.25) is 0 Å². The van der Waals surface area contributed by atoms with Crippen LogP contribution >= 0.6 is 31.3 Å². The maximum atomic E-state index is 11.8. The largest absolute Gasteiger partial charge is 0.524 e. The fourth-order valence-corrected chi connectivity index (χ4v) is 18.0. The summed E-state index contributed by atoms with van der Waals surface area (Å²) in [5, 5.41) is 23.3. The van der Waals surface area contributed by atoms with Crippen LogP contribution in [0.15, 0.2) is 146 Å². The molecule has 139 heavy (non-hydrogen) atoms. The average Bonchev–Trinajstić information content (AvgIpc) is 1.61. The van der Waals surface area contributed by atoms with Gasteiger partial charge in [0, 0.05) is 148 Å². The predicted molar refractivity (Wildman–Crippen MR) is 514 cm³/mol. The third-order valence-corrected chi connectivity index (χ3v) is 24.5. The Hall–Kier alpha value is -12.7. The number of nitrogens with zero attached hydrogens (tertiary/aromatic N) is 12. The number of aromatic nitrogens is 9. The second-order valence-electron chi connectivity index (χ2n) is 33.2. The van der Waals surface area contributed by atoms with Gasteiger partial charge in [0.25, 0.3) is 35.4 Å². The molecule has 16 N–H and O–H groups in total. The molecule has 738 valence electrons. The molecular weight excluding hydrogens is 1880 g/mol. The summed E-state index contributed by atoms with van der Waals surface area (Å²) < 4.78 is 88.9. The summed E-state index contributed by atoms with van der Waals surface area (Å²) in [6, 6.07) is 29.3. The highest BCUT2D eigenvalue weighted by molar-refractivity contribution is 7.47. The van der Waals surface area contributed by atoms with Crippen molar-refractivity contribution in [3.63, 3.8) is 0 Å². The topological polar surface area (TPSA) is 618 Å². The molecule has 6 aromatic heterocycles. The minimum Gasteiger partial charge on any atom is -0.508 e. The number of phenols is 2. The van der Waals surface area contributed by atoms with Gasteiger partial charge < -0.3 is 73.4 Å². The quantitative estimate of drug-likeness (QED) is 0.00957. The summed E-state index contributed by atoms with van der Waals surface area (Å²) in [6.45, 7) is 10.1. The highest BCUT2D eigenvalue weighted by atomic mass is 31.2. The lowest BCUT2D eigenvalue weighted by molar-refractivity contribution is -0.138. The molecule has 0 aliphatic carbocycles. The lowest BCUT2D eigenvalue weighted by Gasteiger charge is -2.17. The maximum Gasteiger partial charge on any atom is 0.524 e. The summed E-state index contributed by atoms with van der Waals surface area (Å²) in [5.41, 5.74) is 28.7. The van der Waals surface area contributed by atoms with E-state index in [1.54, 1.807) is 0 Å². The number of carbonyl (C=O) groups excluding carboxylic acids is 6. The fourth-order valence-electron chi connectivity index (χ4n) is 16.3. The molecule has 0 saturated carbocycles. The van der Waals surface area contributed by atoms with Crippen molar-refractivity contribution < 1.29 is 129 Å². The summed E-state index contributed by atoms with van der Waals surface area (Å²) >= 11 is 0. The number of amides is 6. The van der Waals surface area contributed by atoms with Crippen LogP contribution in [0.2, 0.25) is 0 Å². The van der Waals surface area contributed by atoms with E-state index >= 15 is 0 Å². The molecule has 15 rings (SSSR count). The standard InChI is InChI=1S/C31H37N5O11P2.2C31H36N5O8P/c1-2-3-7-26-34-29-30(36(26)19-21-18-22(46-48(39,40)41)9-11-25(21)47-49(42,43)44)23-17-20(8-10-24(23)33-31(29)32)6-4-15-45-16-5-14-35-27(37)12-13-28(35)38;1-2-3-7-26-34-29-30(36(26)19-21-18-22(9-11-25(21)37)44-45(40,41)42)23-17-20(8-10-24(23)33-31(29)32)6-4-15-43-16-5-14-35-27(38)12-13-28(35)39;1-2-3-7-26-34-29-30(36(26)19-21-18-22(37)9-11-25(21)44-45(40,41)42)23-17-20(8-10-24(23)33-31(29)32)6-4-15-43-16-5-14-35-27(38)12-13-28(35)39/h8-13,17-18H,2-7,14-16,19H2,1H3,(H2,32,33)(H2,39,40,41)(H2,42,43,44);2*8-13,17-18,37H,2-7,14-16,19H2,1H3,(H2,32,33)(H2,40,41,42). The van der Waals surface area contributed by atoms with E-state index in [-0.39, 0.29) is 113 Å². The predicted octanol–water partition coefficient (Wildman–Crippen LogP) is 11.8. The second-order valence-corrected chi connectivity index (χ2v) is 37.8. The minimum absolute atomic E-state index is 0.0493. The number of pyridine rings is 3. The van der Waals surface area contributed by atoms with Crippen molar-refractivity contribution in [1.29, 1.82) is 0 Å². The first kappa shape index (κ1) is 104. The van der Waals surface area contributed by atoms with Gasteiger partial charge in [0.05, 0.1) is 52.7 Å². The van der Waals surface area contributed by atoms with E-state index in [0.717, 1.165) is 126 Å². The van der Waals surface area contributed by atoms with E-state index in [9.17, 15) is 96.4 Å². The van der Waals surface area contributed by atoms with Crippen molar-refractivity contribution in [2.24, 2.45) is 0 Å². The van der Waals surface area contributed by atoms with Crippen LogP contribution in [0.1, 0.15) is 149 Å². The number of imidazole rings is 3. The SMILES string of the molecule is CCCCc1nc2c(N)nc3ccc(CCCOCCCN4C(=O)C=CC4=O)cc3c2n1Cc1cc(O)ccc1OP(=O)(O)O.CCCCc1nc2c(N)nc3ccc(CCCOCCCN4C(=O)C=CC4=O)cc3c2n1Cc1cc(OP(=O)(O)O)ccc1O.CCCCc1nc2c(N)nc3ccc(CCCOCCCN4C(=O)C=CC4=O)cc3c2n1Cc1cc(OP(=O)(O)O)ccc1OP(=O)(O)O. The molecule has 0 bridgehead atoms. The summed E-state index contributed by atoms with van der Waals surface area (Å²) in [7, 11) is -19.6. The van der Waals surface area contributed by atoms with E-state index in [2.05, 4.69) is 34.9 Å². The molecule has 46 heteroatoms. The van der Waals surface area contributed by atoms with Gasteiger partial charge in [-0.15, -0.1) is 0 Å². The molecule has 0 unspecified atom stereocenters. The number of imide groups is 3. The Balaban J connectivity index is 0.000000176. The number of ether oxygens (including phenoxy) is 3. The number of rotatable bonds is 47. The number of aryl methyl sites for hydroxylation is 6. The molecule has 0 fully saturated rings. The van der Waals surface area contributed by atoms with Crippen LogP contribution in [0.25, 0.3) is 65.8 Å². The first-order chi connectivity index (χ1) is 66.3. The van der Waals surface area contributed by atoms with Crippen molar-refractivity contribution in [2.75, 3.05) is 76.5 Å². The number of phosphoric acid groups is 4. The van der Waals surface area contributed by atoms with Crippen LogP contribution in [-0.2, 0) is 119 Å². The van der Waals surface area contributed by atoms with Crippen molar-refractivity contribution >= 4 is 150 Å². The fraction of sp³-hybridized carbons (Fsp3) is 0.355. The zero-order chi connectivity index (χ0) is 99.6. The minimum atomic E-state index is -5.01. The zero-order valence-electron chi connectivity index (χ0n) is 76.4. The number of phosphoric ester groups is 4. The van der Waals surface area contributed by atoms with Crippen LogP contribution in [0.4, 0.5) is 17.5 Å². The first-order valence-electron chi connectivity index (χ1n) is 45.1. The molecule has 6 aromatic carbocycles. The van der Waals surface area contributed by atoms with Crippen LogP contribution in [0.3, 0.4) is 0 Å². The number of aromatic hydroxyl groups is 2. The number of hydrogen-bond donors (Lipinski definition) is 13. The van der Waals surface area contributed by atoms with Crippen molar-refractivity contribution in [1.82, 2.24) is 58.3 Å². The normalized spacial score (nSPS) is 13.6. The Morgan fingerprint density at radius 1 is 0.324 bits per heavy atom. The molecular formula is C93H109N15O27P4. The second kappa shape index (κ2) is 46.4. The van der Waals surface area contributed by atoms with Crippen LogP contribution in [0.5, 0.6) is 34.5 Å². The number of phenolic OH excluding ortho intramolecular Hbond substituents is 2. The van der Waals surface area contributed by atoms with E-state index in [4.69, 9.17) is 64.5 Å². The third kappa shape index (κ3) is 27.7. The number of nitrogens with two attached hydrogens (primary N) is 3. The molecule has 3 aliphatic heterocycles. The zero-order valence-corrected chi connectivity index (χ0v) is 79.9. The summed E-state index contributed by atoms with van der Waals surface area (Å²) in [6.07, 6.45) is 20.6. The molecule has 0 spiro atoms. The molecule has 42 nitrogen and oxygen atoms in total. The van der Waals surface area contributed by atoms with Gasteiger partial charge in [-0.05, 0) is 185 Å². The Bertz CT molecular complexity index is 6870. The van der Waals surface area contributed by atoms with Gasteiger partial charge in [-0.3, -0.25) is 82.6 Å². The van der Waals surface area contributed by atoms with Gasteiger partial charge >= 0.3 is 31.3 Å². The molecule has 6 amide bonds. The van der Waals surface area contributed by atoms with Crippen LogP contribution in [-0.4, -0.2) is 202 Å². The van der Waals surface area contributed by atoms with Crippen molar-refractivity contribution in [3.8, 4) is 34.5 Å². The van der Waals surface area contributed by atoms with E-state index in [1.165, 1.54) is 99.7 Å². The number of unbranched alkanes of at least 4 members (excludes halogenated alkanes) is 3. The van der Waals surface area contributed by atoms with E-state index in [0.29, 0.717) is 166 Å². The maximum absolute atomic E-state index is 11.8. The lowest BCUT2D eigenvalue weighted by Crippen LogP contribution is -2.31. The average molecular weight is 1990 g/mol. The smallest absolute Gasteiger partial charge is 0.508 e. The Labute approximate surface area is 796 Å². The number of hydrogen-bond acceptors (Lipinski definition) is 28. The summed E-state index contributed by atoms with van der Waals surface area (Å²) in [5.74, 6) is 0.345. The molecule has 3 aliphatic rings. The Morgan fingerprint density at radius 3 is 0.942 bits per heavy atom. The molecule has 12 aromatic rings. The molecule has 0 saturated heterocycles. The van der Waals surface area contributed by atoms with E-state index in [1.807, 2.05) is 69.2 Å². The van der Waals surface area contributed by atoms with Gasteiger partial charge in [-0.1, -0.05) is 58.2 Å².